The highest BCUT2D eigenvalue weighted by Crippen LogP contribution is 2.23. The van der Waals surface area contributed by atoms with Crippen LogP contribution in [0.2, 0.25) is 0 Å². The number of aliphatic hydroxyl groups is 1. The average Bonchev–Trinajstić information content (AvgIpc) is 2.29. The van der Waals surface area contributed by atoms with Crippen LogP contribution in [0.4, 0.5) is 4.79 Å². The minimum Gasteiger partial charge on any atom is -0.442 e. The van der Waals surface area contributed by atoms with Crippen molar-refractivity contribution in [3.05, 3.63) is 12.2 Å². The van der Waals surface area contributed by atoms with Gasteiger partial charge in [-0.1, -0.05) is 6.08 Å². The zero-order chi connectivity index (χ0) is 14.5. The highest BCUT2D eigenvalue weighted by Gasteiger charge is 2.25. The molecule has 0 fully saturated rings. The minimum absolute atomic E-state index is 0.0331. The molecule has 0 radical (unpaired) electrons. The van der Waals surface area contributed by atoms with Gasteiger partial charge in [0, 0.05) is 13.5 Å². The number of hydrogen-bond donors (Lipinski definition) is 2. The van der Waals surface area contributed by atoms with Crippen molar-refractivity contribution in [1.29, 1.82) is 0 Å². The van der Waals surface area contributed by atoms with Crippen molar-refractivity contribution in [1.82, 2.24) is 5.32 Å². The van der Waals surface area contributed by atoms with E-state index in [-0.39, 0.29) is 17.8 Å². The van der Waals surface area contributed by atoms with Gasteiger partial charge in [-0.2, -0.15) is 0 Å². The Balaban J connectivity index is 2.69. The number of carbonyl (C=O) groups is 1. The van der Waals surface area contributed by atoms with Gasteiger partial charge in [0.05, 0.1) is 17.8 Å². The Bertz CT molecular complexity index is 322. The third kappa shape index (κ3) is 6.59. The molecule has 0 saturated heterocycles. The molecule has 0 aromatic rings. The van der Waals surface area contributed by atoms with E-state index in [9.17, 15) is 9.90 Å². The molecular formula is C14H25NO4. The van der Waals surface area contributed by atoms with Crippen molar-refractivity contribution >= 4 is 6.09 Å². The van der Waals surface area contributed by atoms with E-state index < -0.39 is 12.2 Å². The molecule has 1 amide bonds. The lowest BCUT2D eigenvalue weighted by atomic mass is 9.99. The first kappa shape index (κ1) is 16.0. The summed E-state index contributed by atoms with van der Waals surface area (Å²) in [5.41, 5.74) is -0.254. The fourth-order valence-electron chi connectivity index (χ4n) is 2.05. The minimum atomic E-state index is -0.512. The molecule has 5 heteroatoms. The maximum absolute atomic E-state index is 11.3. The maximum atomic E-state index is 11.3. The average molecular weight is 271 g/mol. The van der Waals surface area contributed by atoms with Crippen LogP contribution in [0.5, 0.6) is 0 Å². The molecule has 0 bridgehead atoms. The standard InChI is InChI=1S/C14H25NO4/c1-14(2,3)19-12-8-6-10(16)5-7-11(9-12)18-13(17)15-4/h5,7,10-12,16H,6,8-9H2,1-4H3,(H,15,17)/b7-5+. The van der Waals surface area contributed by atoms with Gasteiger partial charge in [0.1, 0.15) is 6.10 Å². The first-order valence-corrected chi connectivity index (χ1v) is 6.72. The molecule has 110 valence electrons. The van der Waals surface area contributed by atoms with Crippen molar-refractivity contribution in [2.75, 3.05) is 7.05 Å². The van der Waals surface area contributed by atoms with Crippen molar-refractivity contribution in [3.8, 4) is 0 Å². The second-order valence-corrected chi connectivity index (χ2v) is 5.81. The fraction of sp³-hybridized carbons (Fsp3) is 0.786. The highest BCUT2D eigenvalue weighted by molar-refractivity contribution is 5.67. The van der Waals surface area contributed by atoms with Crippen LogP contribution < -0.4 is 5.32 Å². The number of alkyl carbamates (subject to hydrolysis) is 1. The molecule has 1 aliphatic rings. The van der Waals surface area contributed by atoms with E-state index in [4.69, 9.17) is 9.47 Å². The van der Waals surface area contributed by atoms with E-state index in [0.717, 1.165) is 6.42 Å². The lowest BCUT2D eigenvalue weighted by Gasteiger charge is -2.31. The molecule has 3 atom stereocenters. The number of nitrogens with one attached hydrogen (secondary N) is 1. The molecule has 0 aliphatic heterocycles. The van der Waals surface area contributed by atoms with Crippen LogP contribution in [0.15, 0.2) is 12.2 Å². The molecule has 0 aromatic heterocycles. The summed E-state index contributed by atoms with van der Waals surface area (Å²) in [6.45, 7) is 5.98. The predicted molar refractivity (Wildman–Crippen MR) is 73.0 cm³/mol. The van der Waals surface area contributed by atoms with Gasteiger partial charge in [-0.25, -0.2) is 4.79 Å². The summed E-state index contributed by atoms with van der Waals surface area (Å²) in [6.07, 6.45) is 4.03. The summed E-state index contributed by atoms with van der Waals surface area (Å²) in [5.74, 6) is 0. The van der Waals surface area contributed by atoms with Crippen molar-refractivity contribution in [2.45, 2.75) is 63.9 Å². The van der Waals surface area contributed by atoms with Crippen LogP contribution >= 0.6 is 0 Å². The molecule has 3 unspecified atom stereocenters. The smallest absolute Gasteiger partial charge is 0.407 e. The molecule has 1 rings (SSSR count). The van der Waals surface area contributed by atoms with E-state index in [1.165, 1.54) is 7.05 Å². The Morgan fingerprint density at radius 3 is 2.58 bits per heavy atom. The normalized spacial score (nSPS) is 30.1. The molecule has 1 aliphatic carbocycles. The molecule has 0 aromatic carbocycles. The summed E-state index contributed by atoms with van der Waals surface area (Å²) in [6, 6.07) is 0. The number of hydrogen-bond acceptors (Lipinski definition) is 4. The van der Waals surface area contributed by atoms with Gasteiger partial charge in [-0.3, -0.25) is 0 Å². The molecule has 0 saturated carbocycles. The lowest BCUT2D eigenvalue weighted by molar-refractivity contribution is -0.0803. The van der Waals surface area contributed by atoms with Gasteiger partial charge in [0.15, 0.2) is 0 Å². The van der Waals surface area contributed by atoms with Gasteiger partial charge in [0.25, 0.3) is 0 Å². The first-order chi connectivity index (χ1) is 8.80. The lowest BCUT2D eigenvalue weighted by Crippen LogP contribution is -2.34. The van der Waals surface area contributed by atoms with Crippen LogP contribution in [0.3, 0.4) is 0 Å². The van der Waals surface area contributed by atoms with Crippen molar-refractivity contribution in [3.63, 3.8) is 0 Å². The summed E-state index contributed by atoms with van der Waals surface area (Å²) in [7, 11) is 1.52. The van der Waals surface area contributed by atoms with Gasteiger partial charge in [-0.05, 0) is 39.7 Å². The highest BCUT2D eigenvalue weighted by atomic mass is 16.6. The zero-order valence-corrected chi connectivity index (χ0v) is 12.2. The third-order valence-electron chi connectivity index (χ3n) is 2.81. The van der Waals surface area contributed by atoms with Crippen molar-refractivity contribution in [2.24, 2.45) is 0 Å². The maximum Gasteiger partial charge on any atom is 0.407 e. The predicted octanol–water partition coefficient (Wildman–Crippen LogP) is 2.00. The summed E-state index contributed by atoms with van der Waals surface area (Å²) < 4.78 is 11.2. The van der Waals surface area contributed by atoms with Crippen molar-refractivity contribution < 1.29 is 19.4 Å². The van der Waals surface area contributed by atoms with E-state index in [1.807, 2.05) is 20.8 Å². The number of ether oxygens (including phenoxy) is 2. The van der Waals surface area contributed by atoms with E-state index >= 15 is 0 Å². The Morgan fingerprint density at radius 1 is 1.32 bits per heavy atom. The second kappa shape index (κ2) is 6.91. The number of carbonyl (C=O) groups excluding carboxylic acids is 1. The number of amides is 1. The van der Waals surface area contributed by atoms with Gasteiger partial charge in [-0.15, -0.1) is 0 Å². The SMILES string of the molecule is CNC(=O)OC1/C=C/C(O)CCC(OC(C)(C)C)C1. The quantitative estimate of drug-likeness (QED) is 0.754. The second-order valence-electron chi connectivity index (χ2n) is 5.81. The zero-order valence-electron chi connectivity index (χ0n) is 12.2. The Hall–Kier alpha value is -1.07. The van der Waals surface area contributed by atoms with E-state index in [2.05, 4.69) is 5.32 Å². The largest absolute Gasteiger partial charge is 0.442 e. The Labute approximate surface area is 115 Å². The van der Waals surface area contributed by atoms with Gasteiger partial charge < -0.3 is 19.9 Å². The van der Waals surface area contributed by atoms with Gasteiger partial charge >= 0.3 is 6.09 Å². The van der Waals surface area contributed by atoms with Crippen LogP contribution in [0.25, 0.3) is 0 Å². The molecule has 2 N–H and O–H groups in total. The topological polar surface area (TPSA) is 67.8 Å². The monoisotopic (exact) mass is 271 g/mol. The third-order valence-corrected chi connectivity index (χ3v) is 2.81. The fourth-order valence-corrected chi connectivity index (χ4v) is 2.05. The molecule has 5 nitrogen and oxygen atoms in total. The Kier molecular flexibility index (Phi) is 5.82. The Morgan fingerprint density at radius 2 is 2.00 bits per heavy atom. The van der Waals surface area contributed by atoms with Crippen LogP contribution in [-0.2, 0) is 9.47 Å². The van der Waals surface area contributed by atoms with Crippen LogP contribution in [0, 0.1) is 0 Å². The molecule has 19 heavy (non-hydrogen) atoms. The first-order valence-electron chi connectivity index (χ1n) is 6.72. The van der Waals surface area contributed by atoms with E-state index in [0.29, 0.717) is 12.8 Å². The summed E-state index contributed by atoms with van der Waals surface area (Å²) in [4.78, 5) is 11.3. The summed E-state index contributed by atoms with van der Waals surface area (Å²) in [5, 5.41) is 12.2. The number of rotatable bonds is 2. The van der Waals surface area contributed by atoms with Crippen LogP contribution in [-0.4, -0.2) is 42.2 Å². The van der Waals surface area contributed by atoms with E-state index in [1.54, 1.807) is 12.2 Å². The molecule has 0 spiro atoms. The summed E-state index contributed by atoms with van der Waals surface area (Å²) >= 11 is 0. The van der Waals surface area contributed by atoms with Crippen LogP contribution in [0.1, 0.15) is 40.0 Å². The van der Waals surface area contributed by atoms with Gasteiger partial charge in [0.2, 0.25) is 0 Å². The molecular weight excluding hydrogens is 246 g/mol. The number of aliphatic hydroxyl groups excluding tert-OH is 1. The molecule has 0 heterocycles.